The minimum absolute atomic E-state index is 0.0833. The second-order valence-electron chi connectivity index (χ2n) is 4.34. The quantitative estimate of drug-likeness (QED) is 0.482. The van der Waals surface area contributed by atoms with Crippen LogP contribution in [0.25, 0.3) is 0 Å². The number of aliphatic hydroxyl groups excluding tert-OH is 1. The van der Waals surface area contributed by atoms with E-state index in [-0.39, 0.29) is 6.10 Å². The SMILES string of the molecule is OC1C2C3C=CC2C2C1C32. The number of rotatable bonds is 0. The van der Waals surface area contributed by atoms with Crippen LogP contribution in [0.5, 0.6) is 0 Å². The zero-order chi connectivity index (χ0) is 6.46. The normalized spacial score (nSPS) is 79.1. The van der Waals surface area contributed by atoms with Crippen LogP contribution in [0, 0.1) is 35.5 Å². The number of aliphatic hydroxyl groups is 1. The summed E-state index contributed by atoms with van der Waals surface area (Å²) in [5.74, 6) is 4.85. The van der Waals surface area contributed by atoms with Crippen molar-refractivity contribution in [1.82, 2.24) is 0 Å². The van der Waals surface area contributed by atoms with Crippen molar-refractivity contribution in [2.75, 3.05) is 0 Å². The standard InChI is InChI=1S/C9H10O/c10-9-5-3-1-2-4(5)7-6(3)8(7)9/h1-10H. The highest BCUT2D eigenvalue weighted by atomic mass is 16.3. The third-order valence-corrected chi connectivity index (χ3v) is 4.31. The highest BCUT2D eigenvalue weighted by Crippen LogP contribution is 2.78. The molecule has 1 N–H and O–H groups in total. The lowest BCUT2D eigenvalue weighted by Crippen LogP contribution is -2.15. The average Bonchev–Trinajstić information content (AvgIpc) is 2.22. The Labute approximate surface area is 59.7 Å². The molecule has 0 saturated heterocycles. The Morgan fingerprint density at radius 2 is 1.40 bits per heavy atom. The number of hydrogen-bond acceptors (Lipinski definition) is 1. The molecule has 5 rings (SSSR count). The van der Waals surface area contributed by atoms with E-state index < -0.39 is 0 Å². The Bertz CT molecular complexity index is 225. The van der Waals surface area contributed by atoms with Crippen LogP contribution in [0.2, 0.25) is 0 Å². The molecule has 0 heterocycles. The number of allylic oxidation sites excluding steroid dienone is 2. The summed E-state index contributed by atoms with van der Waals surface area (Å²) in [5.41, 5.74) is 0. The first kappa shape index (κ1) is 4.55. The van der Waals surface area contributed by atoms with Gasteiger partial charge in [-0.2, -0.15) is 0 Å². The van der Waals surface area contributed by atoms with E-state index in [1.165, 1.54) is 0 Å². The summed E-state index contributed by atoms with van der Waals surface area (Å²) in [7, 11) is 0. The molecule has 5 aliphatic carbocycles. The van der Waals surface area contributed by atoms with Gasteiger partial charge < -0.3 is 5.11 Å². The lowest BCUT2D eigenvalue weighted by atomic mass is 9.98. The molecule has 4 saturated carbocycles. The maximum Gasteiger partial charge on any atom is 0.0613 e. The first-order valence-electron chi connectivity index (χ1n) is 4.26. The molecule has 0 aromatic rings. The van der Waals surface area contributed by atoms with Crippen LogP contribution < -0.4 is 0 Å². The summed E-state index contributed by atoms with van der Waals surface area (Å²) in [6.07, 6.45) is 4.79. The molecule has 5 atom stereocenters. The van der Waals surface area contributed by atoms with Crippen LogP contribution in [0.3, 0.4) is 0 Å². The van der Waals surface area contributed by atoms with Crippen molar-refractivity contribution in [3.05, 3.63) is 12.2 Å². The van der Waals surface area contributed by atoms with Crippen LogP contribution >= 0.6 is 0 Å². The molecule has 0 aliphatic heterocycles. The van der Waals surface area contributed by atoms with Gasteiger partial charge in [0.25, 0.3) is 0 Å². The molecule has 52 valence electrons. The molecule has 5 aliphatic rings. The van der Waals surface area contributed by atoms with E-state index in [0.29, 0.717) is 5.92 Å². The topological polar surface area (TPSA) is 20.2 Å². The van der Waals surface area contributed by atoms with Crippen molar-refractivity contribution in [1.29, 1.82) is 0 Å². The Kier molecular flexibility index (Phi) is 0.456. The molecule has 5 unspecified atom stereocenters. The largest absolute Gasteiger partial charge is 0.392 e. The maximum atomic E-state index is 9.69. The van der Waals surface area contributed by atoms with Gasteiger partial charge >= 0.3 is 0 Å². The lowest BCUT2D eigenvalue weighted by Gasteiger charge is -2.10. The van der Waals surface area contributed by atoms with Crippen LogP contribution in [-0.2, 0) is 0 Å². The summed E-state index contributed by atoms with van der Waals surface area (Å²) in [5, 5.41) is 9.69. The van der Waals surface area contributed by atoms with Gasteiger partial charge in [-0.05, 0) is 35.5 Å². The predicted molar refractivity (Wildman–Crippen MR) is 36.1 cm³/mol. The van der Waals surface area contributed by atoms with E-state index in [0.717, 1.165) is 29.6 Å². The van der Waals surface area contributed by atoms with Crippen molar-refractivity contribution < 1.29 is 5.11 Å². The van der Waals surface area contributed by atoms with Crippen LogP contribution in [0.15, 0.2) is 12.2 Å². The Morgan fingerprint density at radius 1 is 0.800 bits per heavy atom. The first-order valence-corrected chi connectivity index (χ1v) is 4.26. The third kappa shape index (κ3) is 0.231. The second kappa shape index (κ2) is 1.00. The van der Waals surface area contributed by atoms with Crippen molar-refractivity contribution >= 4 is 0 Å². The van der Waals surface area contributed by atoms with Crippen LogP contribution in [-0.4, -0.2) is 11.2 Å². The molecular formula is C9H10O. The lowest BCUT2D eigenvalue weighted by molar-refractivity contribution is 0.123. The van der Waals surface area contributed by atoms with Gasteiger partial charge in [0.05, 0.1) is 6.10 Å². The van der Waals surface area contributed by atoms with Gasteiger partial charge in [0.15, 0.2) is 0 Å². The van der Waals surface area contributed by atoms with Gasteiger partial charge in [-0.25, -0.2) is 0 Å². The second-order valence-corrected chi connectivity index (χ2v) is 4.34. The Balaban J connectivity index is 2.01. The fourth-order valence-corrected chi connectivity index (χ4v) is 4.12. The molecule has 0 aromatic heterocycles. The van der Waals surface area contributed by atoms with E-state index in [9.17, 15) is 5.11 Å². The van der Waals surface area contributed by atoms with Gasteiger partial charge in [-0.3, -0.25) is 0 Å². The molecular weight excluding hydrogens is 124 g/mol. The average molecular weight is 134 g/mol. The molecule has 0 aromatic carbocycles. The Morgan fingerprint density at radius 3 is 1.70 bits per heavy atom. The van der Waals surface area contributed by atoms with E-state index in [4.69, 9.17) is 0 Å². The number of hydrogen-bond donors (Lipinski definition) is 1. The smallest absolute Gasteiger partial charge is 0.0613 e. The van der Waals surface area contributed by atoms with Gasteiger partial charge in [0.1, 0.15) is 0 Å². The summed E-state index contributed by atoms with van der Waals surface area (Å²) in [6, 6.07) is 0. The van der Waals surface area contributed by atoms with Gasteiger partial charge in [-0.1, -0.05) is 12.2 Å². The molecule has 0 spiro atoms. The van der Waals surface area contributed by atoms with E-state index >= 15 is 0 Å². The van der Waals surface area contributed by atoms with Gasteiger partial charge in [-0.15, -0.1) is 0 Å². The molecule has 0 radical (unpaired) electrons. The van der Waals surface area contributed by atoms with Crippen molar-refractivity contribution in [2.24, 2.45) is 35.5 Å². The summed E-state index contributed by atoms with van der Waals surface area (Å²) >= 11 is 0. The zero-order valence-corrected chi connectivity index (χ0v) is 5.64. The predicted octanol–water partition coefficient (Wildman–Crippen LogP) is 0.655. The Hall–Kier alpha value is -0.300. The van der Waals surface area contributed by atoms with Gasteiger partial charge in [0.2, 0.25) is 0 Å². The molecule has 1 heteroatoms. The highest BCUT2D eigenvalue weighted by molar-refractivity contribution is 5.35. The van der Waals surface area contributed by atoms with Crippen molar-refractivity contribution in [3.63, 3.8) is 0 Å². The van der Waals surface area contributed by atoms with E-state index in [1.54, 1.807) is 0 Å². The zero-order valence-electron chi connectivity index (χ0n) is 5.64. The third-order valence-electron chi connectivity index (χ3n) is 4.31. The maximum absolute atomic E-state index is 9.69. The van der Waals surface area contributed by atoms with Gasteiger partial charge in [0, 0.05) is 0 Å². The minimum atomic E-state index is 0.0833. The molecule has 1 nitrogen and oxygen atoms in total. The van der Waals surface area contributed by atoms with Crippen molar-refractivity contribution in [2.45, 2.75) is 6.10 Å². The highest BCUT2D eigenvalue weighted by Gasteiger charge is 2.78. The molecule has 4 fully saturated rings. The summed E-state index contributed by atoms with van der Waals surface area (Å²) < 4.78 is 0. The van der Waals surface area contributed by atoms with E-state index in [1.807, 2.05) is 0 Å². The van der Waals surface area contributed by atoms with Crippen LogP contribution in [0.1, 0.15) is 0 Å². The minimum Gasteiger partial charge on any atom is -0.392 e. The van der Waals surface area contributed by atoms with Crippen molar-refractivity contribution in [3.8, 4) is 0 Å². The van der Waals surface area contributed by atoms with Crippen LogP contribution in [0.4, 0.5) is 0 Å². The first-order chi connectivity index (χ1) is 4.89. The van der Waals surface area contributed by atoms with E-state index in [2.05, 4.69) is 12.2 Å². The molecule has 6 bridgehead atoms. The fourth-order valence-electron chi connectivity index (χ4n) is 4.12. The summed E-state index contributed by atoms with van der Waals surface area (Å²) in [6.45, 7) is 0. The monoisotopic (exact) mass is 134 g/mol. The summed E-state index contributed by atoms with van der Waals surface area (Å²) in [4.78, 5) is 0. The molecule has 10 heavy (non-hydrogen) atoms. The fraction of sp³-hybridized carbons (Fsp3) is 0.778. The molecule has 0 amide bonds.